The summed E-state index contributed by atoms with van der Waals surface area (Å²) in [6, 6.07) is 13.8. The second kappa shape index (κ2) is 8.21. The molecule has 1 saturated heterocycles. The molecule has 0 spiro atoms. The fourth-order valence-corrected chi connectivity index (χ4v) is 5.26. The van der Waals surface area contributed by atoms with Crippen molar-refractivity contribution in [1.29, 1.82) is 10.2 Å². The van der Waals surface area contributed by atoms with Crippen molar-refractivity contribution in [3.8, 4) is 0 Å². The smallest absolute Gasteiger partial charge is 0.180 e. The zero-order valence-corrected chi connectivity index (χ0v) is 18.7. The number of imidazole rings is 1. The van der Waals surface area contributed by atoms with Crippen molar-refractivity contribution in [2.24, 2.45) is 5.73 Å². The predicted octanol–water partition coefficient (Wildman–Crippen LogP) is 3.44. The molecule has 168 valence electrons. The second-order valence-corrected chi connectivity index (χ2v) is 10.4. The van der Waals surface area contributed by atoms with Gasteiger partial charge in [-0.25, -0.2) is 14.2 Å². The Bertz CT molecular complexity index is 1470. The Kier molecular flexibility index (Phi) is 5.21. The van der Waals surface area contributed by atoms with Gasteiger partial charge in [0.05, 0.1) is 11.0 Å². The first-order valence-corrected chi connectivity index (χ1v) is 12.4. The third-order valence-electron chi connectivity index (χ3n) is 5.87. The molecule has 3 heterocycles. The molecule has 0 radical (unpaired) electrons. The van der Waals surface area contributed by atoms with Crippen LogP contribution in [-0.4, -0.2) is 49.4 Å². The summed E-state index contributed by atoms with van der Waals surface area (Å²) < 4.78 is 21.6. The number of hydrogen-bond donors (Lipinski definition) is 4. The molecule has 4 aromatic rings. The molecule has 1 aliphatic heterocycles. The monoisotopic (exact) mass is 460 g/mol. The minimum atomic E-state index is -2.41. The molecule has 9 nitrogen and oxygen atoms in total. The molecule has 0 amide bonds. The van der Waals surface area contributed by atoms with E-state index in [1.165, 1.54) is 12.4 Å². The van der Waals surface area contributed by atoms with Gasteiger partial charge in [0.15, 0.2) is 11.5 Å². The Balaban J connectivity index is 1.45. The molecule has 2 aromatic carbocycles. The van der Waals surface area contributed by atoms with E-state index >= 15 is 0 Å². The van der Waals surface area contributed by atoms with Crippen LogP contribution in [0.15, 0.2) is 61.1 Å². The molecular formula is C23H24N8OS. The lowest BCUT2D eigenvalue weighted by molar-refractivity contribution is 0.664. The molecule has 10 heteroatoms. The van der Waals surface area contributed by atoms with E-state index in [1.807, 2.05) is 53.1 Å². The molecular weight excluding hydrogens is 436 g/mol. The number of hydrogen-bond acceptors (Lipinski definition) is 8. The lowest BCUT2D eigenvalue weighted by Gasteiger charge is -2.30. The van der Waals surface area contributed by atoms with Crippen LogP contribution < -0.4 is 16.0 Å². The predicted molar refractivity (Wildman–Crippen MR) is 134 cm³/mol. The van der Waals surface area contributed by atoms with Gasteiger partial charge in [0.25, 0.3) is 0 Å². The molecule has 5 rings (SSSR count). The second-order valence-electron chi connectivity index (χ2n) is 7.93. The zero-order chi connectivity index (χ0) is 23.0. The Morgan fingerprint density at radius 3 is 2.61 bits per heavy atom. The van der Waals surface area contributed by atoms with Gasteiger partial charge in [0.1, 0.15) is 0 Å². The highest BCUT2D eigenvalue weighted by molar-refractivity contribution is 7.92. The lowest BCUT2D eigenvalue weighted by atomic mass is 10.1. The van der Waals surface area contributed by atoms with Crippen molar-refractivity contribution >= 4 is 55.4 Å². The van der Waals surface area contributed by atoms with Gasteiger partial charge >= 0.3 is 0 Å². The quantitative estimate of drug-likeness (QED) is 0.337. The summed E-state index contributed by atoms with van der Waals surface area (Å²) in [6.07, 6.45) is 6.26. The van der Waals surface area contributed by atoms with Gasteiger partial charge in [-0.05, 0) is 42.0 Å². The molecule has 33 heavy (non-hydrogen) atoms. The molecule has 2 aromatic heterocycles. The van der Waals surface area contributed by atoms with E-state index in [9.17, 15) is 4.21 Å². The number of fused-ring (bicyclic) bond motifs is 3. The van der Waals surface area contributed by atoms with Crippen LogP contribution in [0.25, 0.3) is 22.3 Å². The van der Waals surface area contributed by atoms with Crippen molar-refractivity contribution < 1.29 is 4.21 Å². The molecule has 1 fully saturated rings. The maximum Gasteiger partial charge on any atom is 0.180 e. The number of benzene rings is 2. The van der Waals surface area contributed by atoms with E-state index in [-0.39, 0.29) is 0 Å². The molecule has 0 bridgehead atoms. The number of nitrogens with one attached hydrogen (secondary N) is 3. The average Bonchev–Trinajstić information content (AvgIpc) is 3.32. The molecule has 0 saturated carbocycles. The van der Waals surface area contributed by atoms with E-state index in [0.29, 0.717) is 41.6 Å². The maximum atomic E-state index is 11.9. The summed E-state index contributed by atoms with van der Waals surface area (Å²) in [5, 5.41) is 10.9. The summed E-state index contributed by atoms with van der Waals surface area (Å²) in [5.41, 5.74) is 11.4. The third-order valence-corrected chi connectivity index (χ3v) is 7.55. The van der Waals surface area contributed by atoms with Gasteiger partial charge < -0.3 is 21.4 Å². The van der Waals surface area contributed by atoms with Crippen molar-refractivity contribution in [3.63, 3.8) is 0 Å². The molecule has 0 atom stereocenters. The van der Waals surface area contributed by atoms with Crippen LogP contribution in [0.4, 0.5) is 17.2 Å². The molecule has 0 unspecified atom stereocenters. The Morgan fingerprint density at radius 1 is 1.15 bits per heavy atom. The summed E-state index contributed by atoms with van der Waals surface area (Å²) >= 11 is 0. The van der Waals surface area contributed by atoms with Crippen molar-refractivity contribution in [2.75, 3.05) is 34.8 Å². The molecule has 1 aliphatic rings. The minimum Gasteiger partial charge on any atom is -0.404 e. The molecule has 0 aliphatic carbocycles. The highest BCUT2D eigenvalue weighted by Gasteiger charge is 2.19. The first kappa shape index (κ1) is 21.0. The number of nitrogens with two attached hydrogens (primary N) is 1. The van der Waals surface area contributed by atoms with Gasteiger partial charge in [0, 0.05) is 76.1 Å². The fourth-order valence-electron chi connectivity index (χ4n) is 4.03. The van der Waals surface area contributed by atoms with Crippen LogP contribution in [0.2, 0.25) is 0 Å². The largest absolute Gasteiger partial charge is 0.404 e. The van der Waals surface area contributed by atoms with Crippen LogP contribution >= 0.6 is 0 Å². The summed E-state index contributed by atoms with van der Waals surface area (Å²) in [6.45, 7) is 1.27. The number of nitrogens with zero attached hydrogens (tertiary/aromatic N) is 4. The number of rotatable bonds is 5. The van der Waals surface area contributed by atoms with Crippen LogP contribution in [0.5, 0.6) is 0 Å². The Hall–Kier alpha value is -3.92. The van der Waals surface area contributed by atoms with E-state index in [4.69, 9.17) is 20.9 Å². The maximum absolute atomic E-state index is 11.9. The zero-order valence-electron chi connectivity index (χ0n) is 17.9. The topological polar surface area (TPSA) is 136 Å². The van der Waals surface area contributed by atoms with Gasteiger partial charge in [0.2, 0.25) is 0 Å². The minimum absolute atomic E-state index is 0.413. The van der Waals surface area contributed by atoms with Crippen molar-refractivity contribution in [1.82, 2.24) is 14.4 Å². The standard InChI is InChI=1S/C23H24N8OS/c24-14-17(15-25)16-1-6-20-21(13-16)31-8-7-27-23(31)22(29-20)28-18-2-4-19(5-3-18)30-9-11-33(26,32)12-10-30/h1-8,13-15,24,26H,9-12,25H2,(H,28,29)/b17-15+,24-14?. The van der Waals surface area contributed by atoms with Gasteiger partial charge in [-0.15, -0.1) is 0 Å². The number of aromatic nitrogens is 3. The summed E-state index contributed by atoms with van der Waals surface area (Å²) in [7, 11) is -2.41. The van der Waals surface area contributed by atoms with Gasteiger partial charge in [-0.1, -0.05) is 6.07 Å². The highest BCUT2D eigenvalue weighted by atomic mass is 32.2. The number of allylic oxidation sites excluding steroid dienone is 1. The van der Waals surface area contributed by atoms with Crippen LogP contribution in [0.1, 0.15) is 5.56 Å². The van der Waals surface area contributed by atoms with Gasteiger partial charge in [-0.3, -0.25) is 9.18 Å². The summed E-state index contributed by atoms with van der Waals surface area (Å²) in [5.74, 6) is 1.47. The van der Waals surface area contributed by atoms with E-state index in [0.717, 1.165) is 28.0 Å². The molecule has 5 N–H and O–H groups in total. The van der Waals surface area contributed by atoms with Crippen LogP contribution in [0, 0.1) is 10.2 Å². The van der Waals surface area contributed by atoms with E-state index < -0.39 is 9.73 Å². The van der Waals surface area contributed by atoms with Crippen LogP contribution in [-0.2, 0) is 9.73 Å². The van der Waals surface area contributed by atoms with Crippen molar-refractivity contribution in [2.45, 2.75) is 0 Å². The summed E-state index contributed by atoms with van der Waals surface area (Å²) in [4.78, 5) is 11.4. The fraction of sp³-hybridized carbons (Fsp3) is 0.174. The highest BCUT2D eigenvalue weighted by Crippen LogP contribution is 2.27. The Morgan fingerprint density at radius 2 is 1.91 bits per heavy atom. The van der Waals surface area contributed by atoms with E-state index in [2.05, 4.69) is 15.2 Å². The van der Waals surface area contributed by atoms with E-state index in [1.54, 1.807) is 6.20 Å². The van der Waals surface area contributed by atoms with Crippen molar-refractivity contribution in [3.05, 3.63) is 66.6 Å². The lowest BCUT2D eigenvalue weighted by Crippen LogP contribution is -2.39. The number of anilines is 3. The normalized spacial score (nSPS) is 16.2. The van der Waals surface area contributed by atoms with Gasteiger partial charge in [-0.2, -0.15) is 0 Å². The first-order chi connectivity index (χ1) is 16.0. The third kappa shape index (κ3) is 4.00. The average molecular weight is 461 g/mol. The first-order valence-electron chi connectivity index (χ1n) is 10.5. The Labute approximate surface area is 191 Å². The SMILES string of the molecule is N=C/C(=C\N)c1ccc2nc(Nc3ccc(N4CCS(=N)(=O)CC4)cc3)c3nccn3c2c1. The van der Waals surface area contributed by atoms with Crippen LogP contribution in [0.3, 0.4) is 0 Å².